The molecule has 4 aromatic rings. The van der Waals surface area contributed by atoms with Crippen molar-refractivity contribution in [3.05, 3.63) is 72.2 Å². The maximum absolute atomic E-state index is 12.9. The molecule has 2 amide bonds. The molecule has 2 aromatic carbocycles. The molecule has 0 bridgehead atoms. The number of furan rings is 1. The van der Waals surface area contributed by atoms with E-state index in [-0.39, 0.29) is 12.4 Å². The number of nitrogens with one attached hydrogen (secondary N) is 2. The Kier molecular flexibility index (Phi) is 5.66. The molecule has 1 unspecified atom stereocenters. The van der Waals surface area contributed by atoms with E-state index >= 15 is 0 Å². The highest BCUT2D eigenvalue weighted by molar-refractivity contribution is 7.98. The topological polar surface area (TPSA) is 108 Å². The van der Waals surface area contributed by atoms with E-state index < -0.39 is 17.9 Å². The summed E-state index contributed by atoms with van der Waals surface area (Å²) in [6.07, 6.45) is 2.68. The van der Waals surface area contributed by atoms with Gasteiger partial charge in [-0.05, 0) is 18.2 Å². The van der Waals surface area contributed by atoms with Crippen LogP contribution < -0.4 is 20.3 Å². The minimum atomic E-state index is -0.894. The van der Waals surface area contributed by atoms with Gasteiger partial charge in [0.1, 0.15) is 12.2 Å². The summed E-state index contributed by atoms with van der Waals surface area (Å²) in [4.78, 5) is 29.8. The molecule has 2 N–H and O–H groups in total. The predicted molar refractivity (Wildman–Crippen MR) is 121 cm³/mol. The predicted octanol–water partition coefficient (Wildman–Crippen LogP) is 3.06. The lowest BCUT2D eigenvalue weighted by atomic mass is 10.1. The van der Waals surface area contributed by atoms with E-state index in [1.54, 1.807) is 30.5 Å². The first-order chi connectivity index (χ1) is 16.1. The van der Waals surface area contributed by atoms with Crippen LogP contribution in [0, 0.1) is 0 Å². The molecule has 0 aliphatic carbocycles. The first-order valence-corrected chi connectivity index (χ1v) is 11.2. The Labute approximate surface area is 193 Å². The van der Waals surface area contributed by atoms with E-state index in [2.05, 4.69) is 15.8 Å². The number of aryl methyl sites for hydroxylation is 1. The second kappa shape index (κ2) is 8.91. The smallest absolute Gasteiger partial charge is 0.305 e. The largest absolute Gasteiger partial charge is 0.485 e. The molecule has 0 spiro atoms. The quantitative estimate of drug-likeness (QED) is 0.345. The third-order valence-corrected chi connectivity index (χ3v) is 6.21. The molecule has 9 nitrogen and oxygen atoms in total. The van der Waals surface area contributed by atoms with Crippen LogP contribution in [0.15, 0.2) is 70.5 Å². The number of imidazole rings is 1. The van der Waals surface area contributed by atoms with Gasteiger partial charge in [0, 0.05) is 36.1 Å². The molecule has 1 aliphatic rings. The van der Waals surface area contributed by atoms with E-state index in [1.807, 2.05) is 42.1 Å². The van der Waals surface area contributed by atoms with Crippen LogP contribution in [0.25, 0.3) is 11.0 Å². The van der Waals surface area contributed by atoms with Crippen LogP contribution >= 0.6 is 11.8 Å². The summed E-state index contributed by atoms with van der Waals surface area (Å²) < 4.78 is 19.0. The van der Waals surface area contributed by atoms with Gasteiger partial charge in [0.15, 0.2) is 22.4 Å². The van der Waals surface area contributed by atoms with Crippen LogP contribution in [-0.2, 0) is 17.6 Å². The van der Waals surface area contributed by atoms with Crippen molar-refractivity contribution in [2.24, 2.45) is 7.05 Å². The van der Waals surface area contributed by atoms with Crippen LogP contribution in [0.4, 0.5) is 0 Å². The van der Waals surface area contributed by atoms with Gasteiger partial charge >= 0.3 is 5.91 Å². The molecule has 10 heteroatoms. The number of para-hydroxylation sites is 3. The lowest BCUT2D eigenvalue weighted by Gasteiger charge is -2.25. The van der Waals surface area contributed by atoms with Gasteiger partial charge in [-0.15, -0.1) is 0 Å². The number of carbonyl (C=O) groups excluding carboxylic acids is 2. The maximum atomic E-state index is 12.9. The van der Waals surface area contributed by atoms with Crippen LogP contribution in [0.2, 0.25) is 0 Å². The molecule has 5 rings (SSSR count). The molecular formula is C23H20N4O5S. The lowest BCUT2D eigenvalue weighted by molar-refractivity contribution is -0.131. The molecule has 1 aliphatic heterocycles. The first kappa shape index (κ1) is 21.0. The van der Waals surface area contributed by atoms with Crippen molar-refractivity contribution < 1.29 is 23.5 Å². The van der Waals surface area contributed by atoms with Gasteiger partial charge < -0.3 is 18.5 Å². The van der Waals surface area contributed by atoms with Crippen LogP contribution in [0.3, 0.4) is 0 Å². The minimum absolute atomic E-state index is 0.0366. The number of hydrogen-bond acceptors (Lipinski definition) is 7. The van der Waals surface area contributed by atoms with E-state index in [4.69, 9.17) is 13.9 Å². The number of carbonyl (C=O) groups is 2. The van der Waals surface area contributed by atoms with E-state index in [9.17, 15) is 9.59 Å². The fraction of sp³-hybridized carbons (Fsp3) is 0.174. The van der Waals surface area contributed by atoms with Crippen molar-refractivity contribution >= 4 is 34.5 Å². The summed E-state index contributed by atoms with van der Waals surface area (Å²) in [7, 11) is 1.90. The number of fused-ring (bicyclic) bond motifs is 2. The van der Waals surface area contributed by atoms with E-state index in [0.29, 0.717) is 22.8 Å². The Balaban J connectivity index is 1.29. The summed E-state index contributed by atoms with van der Waals surface area (Å²) in [5.41, 5.74) is 6.14. The van der Waals surface area contributed by atoms with Crippen LogP contribution in [-0.4, -0.2) is 34.1 Å². The van der Waals surface area contributed by atoms with Crippen molar-refractivity contribution in [1.82, 2.24) is 20.4 Å². The fourth-order valence-corrected chi connectivity index (χ4v) is 4.42. The van der Waals surface area contributed by atoms with Gasteiger partial charge in [-0.3, -0.25) is 20.4 Å². The first-order valence-electron chi connectivity index (χ1n) is 10.2. The molecule has 168 valence electrons. The minimum Gasteiger partial charge on any atom is -0.485 e. The summed E-state index contributed by atoms with van der Waals surface area (Å²) in [5.74, 6) is 0.549. The number of hydrazine groups is 1. The molecular weight excluding hydrogens is 444 g/mol. The maximum Gasteiger partial charge on any atom is 0.305 e. The Bertz CT molecular complexity index is 1330. The molecule has 2 aromatic heterocycles. The molecule has 0 fully saturated rings. The zero-order valence-corrected chi connectivity index (χ0v) is 18.4. The second-order valence-electron chi connectivity index (χ2n) is 7.32. The number of aromatic nitrogens is 2. The van der Waals surface area contributed by atoms with Gasteiger partial charge in [-0.2, -0.15) is 0 Å². The second-order valence-corrected chi connectivity index (χ2v) is 8.27. The summed E-state index contributed by atoms with van der Waals surface area (Å²) in [6.45, 7) is 0.0366. The number of nitrogens with zero attached hydrogens (tertiary/aromatic N) is 2. The lowest BCUT2D eigenvalue weighted by Crippen LogP contribution is -2.50. The number of hydrogen-bond donors (Lipinski definition) is 2. The number of rotatable bonds is 5. The summed E-state index contributed by atoms with van der Waals surface area (Å²) >= 11 is 1.49. The molecule has 1 atom stereocenters. The average molecular weight is 465 g/mol. The highest BCUT2D eigenvalue weighted by atomic mass is 32.2. The van der Waals surface area contributed by atoms with Gasteiger partial charge in [0.05, 0.1) is 0 Å². The van der Waals surface area contributed by atoms with Gasteiger partial charge in [-0.25, -0.2) is 4.98 Å². The van der Waals surface area contributed by atoms with Crippen molar-refractivity contribution in [3.63, 3.8) is 0 Å². The SMILES string of the molecule is Cn1ccnc1SCc1c(C(=O)NNC(=O)C2COc3ccccc3O2)oc2ccccc12. The van der Waals surface area contributed by atoms with Gasteiger partial charge in [0.2, 0.25) is 6.10 Å². The zero-order chi connectivity index (χ0) is 22.8. The number of benzene rings is 2. The van der Waals surface area contributed by atoms with E-state index in [0.717, 1.165) is 16.1 Å². The third kappa shape index (κ3) is 4.24. The fourth-order valence-electron chi connectivity index (χ4n) is 3.46. The molecule has 0 radical (unpaired) electrons. The number of ether oxygens (including phenoxy) is 2. The van der Waals surface area contributed by atoms with E-state index in [1.165, 1.54) is 11.8 Å². The number of thioether (sulfide) groups is 1. The van der Waals surface area contributed by atoms with Crippen LogP contribution in [0.5, 0.6) is 11.5 Å². The Morgan fingerprint density at radius 1 is 1.12 bits per heavy atom. The molecule has 0 saturated heterocycles. The normalized spacial score (nSPS) is 14.8. The summed E-state index contributed by atoms with van der Waals surface area (Å²) in [6, 6.07) is 14.5. The molecule has 3 heterocycles. The zero-order valence-electron chi connectivity index (χ0n) is 17.6. The number of amides is 2. The van der Waals surface area contributed by atoms with Crippen LogP contribution in [0.1, 0.15) is 16.1 Å². The Morgan fingerprint density at radius 2 is 1.91 bits per heavy atom. The van der Waals surface area contributed by atoms with Crippen molar-refractivity contribution in [3.8, 4) is 11.5 Å². The Morgan fingerprint density at radius 3 is 2.73 bits per heavy atom. The standard InChI is InChI=1S/C23H20N4O5S/c1-27-11-10-24-23(27)33-13-15-14-6-2-3-7-16(14)32-20(15)22(29)26-25-21(28)19-12-30-17-8-4-5-9-18(17)31-19/h2-11,19H,12-13H2,1H3,(H,25,28)(H,26,29). The molecule has 33 heavy (non-hydrogen) atoms. The third-order valence-electron chi connectivity index (χ3n) is 5.13. The average Bonchev–Trinajstić information content (AvgIpc) is 3.43. The van der Waals surface area contributed by atoms with Gasteiger partial charge in [-0.1, -0.05) is 42.1 Å². The highest BCUT2D eigenvalue weighted by Crippen LogP contribution is 2.32. The summed E-state index contributed by atoms with van der Waals surface area (Å²) in [5, 5.41) is 1.64. The highest BCUT2D eigenvalue weighted by Gasteiger charge is 2.28. The van der Waals surface area contributed by atoms with Gasteiger partial charge in [0.25, 0.3) is 5.91 Å². The van der Waals surface area contributed by atoms with Crippen molar-refractivity contribution in [2.45, 2.75) is 17.0 Å². The van der Waals surface area contributed by atoms with Crippen molar-refractivity contribution in [2.75, 3.05) is 6.61 Å². The Hall–Kier alpha value is -3.92. The molecule has 0 saturated carbocycles. The van der Waals surface area contributed by atoms with Crippen molar-refractivity contribution in [1.29, 1.82) is 0 Å². The monoisotopic (exact) mass is 464 g/mol.